The molecule has 0 saturated carbocycles. The molecule has 156 valence electrons. The highest BCUT2D eigenvalue weighted by atomic mass is 32.2. The first kappa shape index (κ1) is 20.1. The fraction of sp³-hybridized carbons (Fsp3) is 0.500. The Hall–Kier alpha value is -2.23. The molecule has 0 radical (unpaired) electrons. The Morgan fingerprint density at radius 1 is 1.14 bits per heavy atom. The molecular formula is C20H26N4O4S. The van der Waals surface area contributed by atoms with Crippen LogP contribution < -0.4 is 0 Å². The van der Waals surface area contributed by atoms with E-state index in [1.165, 1.54) is 4.31 Å². The molecular weight excluding hydrogens is 392 g/mol. The molecule has 29 heavy (non-hydrogen) atoms. The molecule has 1 fully saturated rings. The lowest BCUT2D eigenvalue weighted by atomic mass is 10.2. The summed E-state index contributed by atoms with van der Waals surface area (Å²) in [7, 11) is -3.61. The summed E-state index contributed by atoms with van der Waals surface area (Å²) >= 11 is 0. The van der Waals surface area contributed by atoms with Crippen LogP contribution >= 0.6 is 0 Å². The number of nitrogens with zero attached hydrogens (tertiary/aromatic N) is 4. The maximum absolute atomic E-state index is 13.1. The average Bonchev–Trinajstić information content (AvgIpc) is 3.12. The first-order chi connectivity index (χ1) is 13.9. The summed E-state index contributed by atoms with van der Waals surface area (Å²) in [5.74, 6) is 0.706. The molecule has 0 bridgehead atoms. The minimum absolute atomic E-state index is 0.0283. The number of carbonyl (C=O) groups is 1. The molecule has 4 rings (SSSR count). The Bertz CT molecular complexity index is 994. The number of amides is 1. The summed E-state index contributed by atoms with van der Waals surface area (Å²) in [6.45, 7) is 6.99. The van der Waals surface area contributed by atoms with E-state index in [0.29, 0.717) is 50.9 Å². The Morgan fingerprint density at radius 2 is 1.83 bits per heavy atom. The molecule has 3 heterocycles. The number of ether oxygens (including phenoxy) is 1. The zero-order valence-corrected chi connectivity index (χ0v) is 17.6. The van der Waals surface area contributed by atoms with Gasteiger partial charge in [0.15, 0.2) is 0 Å². The summed E-state index contributed by atoms with van der Waals surface area (Å²) in [6.07, 6.45) is 2.09. The van der Waals surface area contributed by atoms with E-state index in [-0.39, 0.29) is 17.2 Å². The van der Waals surface area contributed by atoms with Crippen molar-refractivity contribution in [2.24, 2.45) is 0 Å². The van der Waals surface area contributed by atoms with Gasteiger partial charge in [0.1, 0.15) is 5.82 Å². The monoisotopic (exact) mass is 418 g/mol. The lowest BCUT2D eigenvalue weighted by molar-refractivity contribution is -0.134. The molecule has 1 atom stereocenters. The maximum Gasteiger partial charge on any atom is 0.243 e. The Labute approximate surface area is 171 Å². The van der Waals surface area contributed by atoms with Crippen LogP contribution in [0.1, 0.15) is 30.0 Å². The minimum atomic E-state index is -3.61. The largest absolute Gasteiger partial charge is 0.378 e. The van der Waals surface area contributed by atoms with Crippen molar-refractivity contribution in [3.8, 4) is 0 Å². The third-order valence-corrected chi connectivity index (χ3v) is 7.53. The molecule has 9 heteroatoms. The van der Waals surface area contributed by atoms with E-state index >= 15 is 0 Å². The average molecular weight is 419 g/mol. The summed E-state index contributed by atoms with van der Waals surface area (Å²) in [4.78, 5) is 19.2. The normalized spacial score (nSPS) is 20.5. The van der Waals surface area contributed by atoms with Crippen molar-refractivity contribution in [3.05, 3.63) is 47.5 Å². The molecule has 1 saturated heterocycles. The quantitative estimate of drug-likeness (QED) is 0.749. The molecule has 1 amide bonds. The van der Waals surface area contributed by atoms with Gasteiger partial charge < -0.3 is 14.2 Å². The van der Waals surface area contributed by atoms with Crippen LogP contribution in [0.2, 0.25) is 0 Å². The Morgan fingerprint density at radius 3 is 2.52 bits per heavy atom. The number of rotatable bonds is 4. The Balaban J connectivity index is 1.52. The SMILES string of the molecule is Cc1ccc(S(=O)(=O)N2CCn3cc(CC(=O)N4CCOCC4)nc3[C@@H]2C)cc1. The number of hydrogen-bond donors (Lipinski definition) is 0. The van der Waals surface area contributed by atoms with E-state index in [1.807, 2.05) is 24.6 Å². The number of aromatic nitrogens is 2. The van der Waals surface area contributed by atoms with E-state index in [1.54, 1.807) is 29.2 Å². The second-order valence-corrected chi connectivity index (χ2v) is 9.45. The molecule has 8 nitrogen and oxygen atoms in total. The number of hydrogen-bond acceptors (Lipinski definition) is 5. The number of morpholine rings is 1. The van der Waals surface area contributed by atoms with Gasteiger partial charge >= 0.3 is 0 Å². The van der Waals surface area contributed by atoms with Gasteiger partial charge in [-0.3, -0.25) is 4.79 Å². The Kier molecular flexibility index (Phi) is 5.46. The fourth-order valence-corrected chi connectivity index (χ4v) is 5.45. The van der Waals surface area contributed by atoms with Crippen LogP contribution in [0, 0.1) is 6.92 Å². The number of carbonyl (C=O) groups excluding carboxylic acids is 1. The van der Waals surface area contributed by atoms with E-state index < -0.39 is 16.1 Å². The first-order valence-corrected chi connectivity index (χ1v) is 11.3. The van der Waals surface area contributed by atoms with Crippen LogP contribution in [-0.4, -0.2) is 65.9 Å². The van der Waals surface area contributed by atoms with Crippen molar-refractivity contribution in [1.82, 2.24) is 18.8 Å². The fourth-order valence-electron chi connectivity index (χ4n) is 3.87. The predicted octanol–water partition coefficient (Wildman–Crippen LogP) is 1.36. The van der Waals surface area contributed by atoms with Crippen molar-refractivity contribution in [2.75, 3.05) is 32.8 Å². The first-order valence-electron chi connectivity index (χ1n) is 9.86. The van der Waals surface area contributed by atoms with Crippen molar-refractivity contribution in [2.45, 2.75) is 37.8 Å². The standard InChI is InChI=1S/C20H26N4O4S/c1-15-3-5-18(6-4-15)29(26,27)24-8-7-23-14-17(21-20(23)16(24)2)13-19(25)22-9-11-28-12-10-22/h3-6,14,16H,7-13H2,1-2H3/t16-/m0/s1. The minimum Gasteiger partial charge on any atom is -0.378 e. The predicted molar refractivity (Wildman–Crippen MR) is 107 cm³/mol. The van der Waals surface area contributed by atoms with Gasteiger partial charge in [0.05, 0.1) is 36.3 Å². The van der Waals surface area contributed by atoms with Crippen LogP contribution in [-0.2, 0) is 32.5 Å². The third-order valence-electron chi connectivity index (χ3n) is 5.55. The molecule has 2 aromatic rings. The van der Waals surface area contributed by atoms with Crippen LogP contribution in [0.25, 0.3) is 0 Å². The van der Waals surface area contributed by atoms with Gasteiger partial charge in [-0.1, -0.05) is 17.7 Å². The zero-order valence-electron chi connectivity index (χ0n) is 16.7. The molecule has 2 aliphatic heterocycles. The van der Waals surface area contributed by atoms with Crippen molar-refractivity contribution >= 4 is 15.9 Å². The number of benzene rings is 1. The molecule has 0 N–H and O–H groups in total. The maximum atomic E-state index is 13.1. The lowest BCUT2D eigenvalue weighted by Crippen LogP contribution is -2.41. The molecule has 2 aliphatic rings. The van der Waals surface area contributed by atoms with Crippen molar-refractivity contribution in [1.29, 1.82) is 0 Å². The van der Waals surface area contributed by atoms with Gasteiger partial charge in [0.25, 0.3) is 0 Å². The number of sulfonamides is 1. The van der Waals surface area contributed by atoms with Crippen LogP contribution in [0.5, 0.6) is 0 Å². The summed E-state index contributed by atoms with van der Waals surface area (Å²) < 4.78 is 35.0. The topological polar surface area (TPSA) is 84.7 Å². The van der Waals surface area contributed by atoms with Gasteiger partial charge in [-0.25, -0.2) is 13.4 Å². The van der Waals surface area contributed by atoms with E-state index in [0.717, 1.165) is 5.56 Å². The molecule has 1 aromatic heterocycles. The molecule has 0 aliphatic carbocycles. The van der Waals surface area contributed by atoms with Crippen LogP contribution in [0.15, 0.2) is 35.4 Å². The highest BCUT2D eigenvalue weighted by molar-refractivity contribution is 7.89. The van der Waals surface area contributed by atoms with Gasteiger partial charge in [0, 0.05) is 32.4 Å². The molecule has 0 spiro atoms. The summed E-state index contributed by atoms with van der Waals surface area (Å²) in [5.41, 5.74) is 1.69. The van der Waals surface area contributed by atoms with Gasteiger partial charge in [0.2, 0.25) is 15.9 Å². The smallest absolute Gasteiger partial charge is 0.243 e. The van der Waals surface area contributed by atoms with Gasteiger partial charge in [-0.05, 0) is 26.0 Å². The third kappa shape index (κ3) is 3.94. The zero-order chi connectivity index (χ0) is 20.6. The summed E-state index contributed by atoms with van der Waals surface area (Å²) in [5, 5.41) is 0. The van der Waals surface area contributed by atoms with E-state index in [2.05, 4.69) is 4.98 Å². The number of fused-ring (bicyclic) bond motifs is 1. The molecule has 0 unspecified atom stereocenters. The van der Waals surface area contributed by atoms with Gasteiger partial charge in [-0.2, -0.15) is 4.31 Å². The van der Waals surface area contributed by atoms with Crippen LogP contribution in [0.4, 0.5) is 0 Å². The van der Waals surface area contributed by atoms with Crippen LogP contribution in [0.3, 0.4) is 0 Å². The highest BCUT2D eigenvalue weighted by Gasteiger charge is 2.35. The lowest BCUT2D eigenvalue weighted by Gasteiger charge is -2.32. The highest BCUT2D eigenvalue weighted by Crippen LogP contribution is 2.30. The van der Waals surface area contributed by atoms with E-state index in [4.69, 9.17) is 4.74 Å². The summed E-state index contributed by atoms with van der Waals surface area (Å²) in [6, 6.07) is 6.49. The number of aryl methyl sites for hydroxylation is 1. The second kappa shape index (κ2) is 7.89. The molecule has 1 aromatic carbocycles. The van der Waals surface area contributed by atoms with E-state index in [9.17, 15) is 13.2 Å². The number of imidazole rings is 1. The van der Waals surface area contributed by atoms with Crippen molar-refractivity contribution in [3.63, 3.8) is 0 Å². The van der Waals surface area contributed by atoms with Gasteiger partial charge in [-0.15, -0.1) is 0 Å². The second-order valence-electron chi connectivity index (χ2n) is 7.56. The van der Waals surface area contributed by atoms with Crippen molar-refractivity contribution < 1.29 is 17.9 Å².